The van der Waals surface area contributed by atoms with Crippen LogP contribution in [-0.2, 0) is 42.9 Å². The van der Waals surface area contributed by atoms with Crippen LogP contribution in [0.3, 0.4) is 0 Å². The Kier molecular flexibility index (Phi) is 23.3. The fourth-order valence-corrected chi connectivity index (χ4v) is 2.99. The average molecular weight is 546 g/mol. The predicted molar refractivity (Wildman–Crippen MR) is 141 cm³/mol. The Labute approximate surface area is 226 Å². The summed E-state index contributed by atoms with van der Waals surface area (Å²) in [6.45, 7) is 7.91. The fourth-order valence-electron chi connectivity index (χ4n) is 2.99. The quantitative estimate of drug-likeness (QED) is 0.132. The number of amides is 3. The van der Waals surface area contributed by atoms with Crippen LogP contribution in [0.4, 0.5) is 0 Å². The van der Waals surface area contributed by atoms with Crippen LogP contribution in [0.2, 0.25) is 0 Å². The van der Waals surface area contributed by atoms with Crippen LogP contribution in [-0.4, -0.2) is 102 Å². The van der Waals surface area contributed by atoms with Gasteiger partial charge < -0.3 is 39.7 Å². The van der Waals surface area contributed by atoms with Crippen molar-refractivity contribution in [3.8, 4) is 0 Å². The maximum absolute atomic E-state index is 11.7. The van der Waals surface area contributed by atoms with Crippen LogP contribution in [0.5, 0.6) is 0 Å². The van der Waals surface area contributed by atoms with Crippen molar-refractivity contribution >= 4 is 29.3 Å². The molecule has 0 aliphatic heterocycles. The molecule has 0 bridgehead atoms. The van der Waals surface area contributed by atoms with Crippen LogP contribution in [0.1, 0.15) is 59.3 Å². The molecule has 0 aromatic rings. The minimum Gasteiger partial charge on any atom is -0.377 e. The van der Waals surface area contributed by atoms with Gasteiger partial charge in [0, 0.05) is 38.4 Å². The van der Waals surface area contributed by atoms with Gasteiger partial charge in [0.05, 0.1) is 39.6 Å². The van der Waals surface area contributed by atoms with E-state index in [0.717, 1.165) is 19.3 Å². The summed E-state index contributed by atoms with van der Waals surface area (Å²) in [7, 11) is 0. The number of hydrogen-bond donors (Lipinski definition) is 3. The first-order valence-corrected chi connectivity index (χ1v) is 13.3. The van der Waals surface area contributed by atoms with Crippen LogP contribution < -0.4 is 16.0 Å². The van der Waals surface area contributed by atoms with Crippen LogP contribution in [0, 0.1) is 5.92 Å². The Bertz CT molecular complexity index is 689. The topological polar surface area (TPSA) is 158 Å². The van der Waals surface area contributed by atoms with Gasteiger partial charge in [0.2, 0.25) is 17.7 Å². The van der Waals surface area contributed by atoms with Crippen molar-refractivity contribution in [2.45, 2.75) is 59.3 Å². The van der Waals surface area contributed by atoms with Gasteiger partial charge in [-0.05, 0) is 33.1 Å². The molecule has 0 radical (unpaired) electrons. The highest BCUT2D eigenvalue weighted by Crippen LogP contribution is 2.07. The lowest BCUT2D eigenvalue weighted by molar-refractivity contribution is -0.127. The molecule has 0 saturated carbocycles. The smallest absolute Gasteiger partial charge is 0.246 e. The number of rotatable bonds is 26. The molecular weight excluding hydrogens is 498 g/mol. The minimum atomic E-state index is -0.268. The normalized spacial score (nSPS) is 11.6. The molecule has 0 saturated heterocycles. The molecule has 0 fully saturated rings. The molecule has 0 aliphatic carbocycles. The van der Waals surface area contributed by atoms with Gasteiger partial charge in [-0.2, -0.15) is 0 Å². The van der Waals surface area contributed by atoms with E-state index in [9.17, 15) is 24.0 Å². The molecule has 1 atom stereocenters. The number of unbranched alkanes of at least 4 members (excludes halogenated alkanes) is 1. The van der Waals surface area contributed by atoms with Crippen LogP contribution in [0.15, 0.2) is 0 Å². The molecule has 0 heterocycles. The number of hydrogen-bond acceptors (Lipinski definition) is 9. The first kappa shape index (κ1) is 35.6. The lowest BCUT2D eigenvalue weighted by Gasteiger charge is -2.09. The maximum atomic E-state index is 11.7. The SMILES string of the molecule is CC(=O)CCCC(=O)NCCOCCOCC(=O)NCCOCCOCC(=O)NCCCC[C@@H](C)C(C)=O. The third-order valence-corrected chi connectivity index (χ3v) is 5.36. The predicted octanol–water partition coefficient (Wildman–Crippen LogP) is 0.556. The zero-order valence-corrected chi connectivity index (χ0v) is 23.3. The summed E-state index contributed by atoms with van der Waals surface area (Å²) in [6.07, 6.45) is 3.82. The lowest BCUT2D eigenvalue weighted by atomic mass is 10.0. The number of ketones is 2. The van der Waals surface area contributed by atoms with Crippen LogP contribution in [0.25, 0.3) is 0 Å². The first-order valence-electron chi connectivity index (χ1n) is 13.3. The molecule has 0 spiro atoms. The van der Waals surface area contributed by atoms with Crippen molar-refractivity contribution in [3.63, 3.8) is 0 Å². The Morgan fingerprint density at radius 3 is 1.61 bits per heavy atom. The minimum absolute atomic E-state index is 0.0398. The zero-order valence-electron chi connectivity index (χ0n) is 23.3. The average Bonchev–Trinajstić information content (AvgIpc) is 2.86. The maximum Gasteiger partial charge on any atom is 0.246 e. The van der Waals surface area contributed by atoms with E-state index < -0.39 is 0 Å². The van der Waals surface area contributed by atoms with Gasteiger partial charge in [0.1, 0.15) is 24.8 Å². The molecular formula is C26H47N3O9. The van der Waals surface area contributed by atoms with Gasteiger partial charge in [-0.3, -0.25) is 19.2 Å². The number of carbonyl (C=O) groups is 5. The highest BCUT2D eigenvalue weighted by molar-refractivity contribution is 5.79. The second-order valence-corrected chi connectivity index (χ2v) is 8.94. The Morgan fingerprint density at radius 2 is 1.08 bits per heavy atom. The van der Waals surface area contributed by atoms with Gasteiger partial charge in [-0.15, -0.1) is 0 Å². The fraction of sp³-hybridized carbons (Fsp3) is 0.808. The summed E-state index contributed by atoms with van der Waals surface area (Å²) in [4.78, 5) is 56.9. The van der Waals surface area contributed by atoms with E-state index in [-0.39, 0.29) is 61.6 Å². The molecule has 220 valence electrons. The number of nitrogens with one attached hydrogen (secondary N) is 3. The lowest BCUT2D eigenvalue weighted by Crippen LogP contribution is -2.31. The zero-order chi connectivity index (χ0) is 28.4. The molecule has 12 nitrogen and oxygen atoms in total. The number of carbonyl (C=O) groups excluding carboxylic acids is 5. The van der Waals surface area contributed by atoms with Crippen molar-refractivity contribution in [3.05, 3.63) is 0 Å². The van der Waals surface area contributed by atoms with Crippen LogP contribution >= 0.6 is 0 Å². The summed E-state index contributed by atoms with van der Waals surface area (Å²) in [5, 5.41) is 8.14. The van der Waals surface area contributed by atoms with Gasteiger partial charge in [-0.1, -0.05) is 13.3 Å². The molecule has 0 aromatic carbocycles. The van der Waals surface area contributed by atoms with E-state index in [4.69, 9.17) is 18.9 Å². The summed E-state index contributed by atoms with van der Waals surface area (Å²) in [5.74, 6) is -0.236. The molecule has 0 aliphatic rings. The van der Waals surface area contributed by atoms with E-state index in [1.165, 1.54) is 6.92 Å². The van der Waals surface area contributed by atoms with Crippen molar-refractivity contribution in [2.24, 2.45) is 5.92 Å². The van der Waals surface area contributed by atoms with E-state index >= 15 is 0 Å². The molecule has 3 N–H and O–H groups in total. The van der Waals surface area contributed by atoms with Gasteiger partial charge in [0.25, 0.3) is 0 Å². The summed E-state index contributed by atoms with van der Waals surface area (Å²) in [5.41, 5.74) is 0. The summed E-state index contributed by atoms with van der Waals surface area (Å²) in [6, 6.07) is 0. The first-order chi connectivity index (χ1) is 18.2. The highest BCUT2D eigenvalue weighted by Gasteiger charge is 2.07. The monoisotopic (exact) mass is 545 g/mol. The van der Waals surface area contributed by atoms with Gasteiger partial charge in [-0.25, -0.2) is 0 Å². The van der Waals surface area contributed by atoms with Crippen molar-refractivity contribution < 1.29 is 42.9 Å². The Hall–Kier alpha value is -2.41. The number of ether oxygens (including phenoxy) is 4. The van der Waals surface area contributed by atoms with E-state index in [2.05, 4.69) is 16.0 Å². The molecule has 0 aromatic heterocycles. The summed E-state index contributed by atoms with van der Waals surface area (Å²) < 4.78 is 21.1. The number of Topliss-reactive ketones (excluding diaryl/α,β-unsaturated/α-hetero) is 2. The van der Waals surface area contributed by atoms with Crippen molar-refractivity contribution in [1.29, 1.82) is 0 Å². The van der Waals surface area contributed by atoms with E-state index in [1.54, 1.807) is 6.92 Å². The van der Waals surface area contributed by atoms with Crippen molar-refractivity contribution in [1.82, 2.24) is 16.0 Å². The highest BCUT2D eigenvalue weighted by atomic mass is 16.5. The second kappa shape index (κ2) is 24.9. The molecule has 12 heteroatoms. The largest absolute Gasteiger partial charge is 0.377 e. The standard InChI is InChI=1S/C26H47N3O9/c1-21(23(3)31)7-4-5-10-27-25(33)19-37-17-16-36-14-12-29-26(34)20-38-18-15-35-13-11-28-24(32)9-6-8-22(2)30/h21H,4-20H2,1-3H3,(H,27,33)(H,28,32)(H,29,34)/t21-/m1/s1. The molecule has 3 amide bonds. The Morgan fingerprint density at radius 1 is 0.579 bits per heavy atom. The Balaban J connectivity index is 3.38. The van der Waals surface area contributed by atoms with Gasteiger partial charge in [0.15, 0.2) is 0 Å². The second-order valence-electron chi connectivity index (χ2n) is 8.94. The molecule has 0 unspecified atom stereocenters. The third-order valence-electron chi connectivity index (χ3n) is 5.36. The molecule has 38 heavy (non-hydrogen) atoms. The summed E-state index contributed by atoms with van der Waals surface area (Å²) >= 11 is 0. The molecule has 0 rings (SSSR count). The van der Waals surface area contributed by atoms with E-state index in [0.29, 0.717) is 65.3 Å². The van der Waals surface area contributed by atoms with Gasteiger partial charge >= 0.3 is 0 Å². The van der Waals surface area contributed by atoms with E-state index in [1.807, 2.05) is 6.92 Å². The van der Waals surface area contributed by atoms with Crippen molar-refractivity contribution in [2.75, 3.05) is 72.5 Å². The third kappa shape index (κ3) is 25.2.